The Balaban J connectivity index is 2.23. The zero-order valence-electron chi connectivity index (χ0n) is 11.2. The van der Waals surface area contributed by atoms with Gasteiger partial charge in [-0.1, -0.05) is 6.07 Å². The first-order valence-corrected chi connectivity index (χ1v) is 6.28. The van der Waals surface area contributed by atoms with Gasteiger partial charge in [0.1, 0.15) is 11.6 Å². The average Bonchev–Trinajstić information content (AvgIpc) is 2.75. The van der Waals surface area contributed by atoms with Crippen molar-refractivity contribution in [2.24, 2.45) is 0 Å². The summed E-state index contributed by atoms with van der Waals surface area (Å²) in [7, 11) is 0. The summed E-state index contributed by atoms with van der Waals surface area (Å²) in [4.78, 5) is 7.83. The maximum Gasteiger partial charge on any atom is 0.138 e. The Hall–Kier alpha value is -2.16. The van der Waals surface area contributed by atoms with E-state index in [1.165, 1.54) is 23.3 Å². The van der Waals surface area contributed by atoms with E-state index < -0.39 is 0 Å². The topological polar surface area (TPSA) is 28.7 Å². The zero-order valence-corrected chi connectivity index (χ0v) is 11.2. The fraction of sp³-hybridized carbons (Fsp3) is 0.188. The predicted octanol–water partition coefficient (Wildman–Crippen LogP) is 4.29. The lowest BCUT2D eigenvalue weighted by Gasteiger charge is -2.01. The molecule has 0 atom stereocenters. The second kappa shape index (κ2) is 4.19. The average molecular weight is 254 g/mol. The number of imidazole rings is 1. The van der Waals surface area contributed by atoms with Gasteiger partial charge in [0.2, 0.25) is 0 Å². The molecule has 1 N–H and O–H groups in total. The number of aromatic nitrogens is 2. The Bertz CT molecular complexity index is 733. The number of benzene rings is 2. The molecule has 0 aliphatic heterocycles. The van der Waals surface area contributed by atoms with Crippen molar-refractivity contribution >= 4 is 11.0 Å². The molecule has 0 saturated heterocycles. The Morgan fingerprint density at radius 3 is 2.47 bits per heavy atom. The minimum Gasteiger partial charge on any atom is -0.338 e. The first-order valence-electron chi connectivity index (χ1n) is 6.28. The number of H-pyrrole nitrogens is 1. The van der Waals surface area contributed by atoms with E-state index in [4.69, 9.17) is 0 Å². The molecule has 0 aliphatic rings. The molecular weight excluding hydrogens is 239 g/mol. The van der Waals surface area contributed by atoms with E-state index in [0.29, 0.717) is 0 Å². The second-order valence-corrected chi connectivity index (χ2v) is 5.00. The van der Waals surface area contributed by atoms with Crippen molar-refractivity contribution in [2.45, 2.75) is 20.8 Å². The highest BCUT2D eigenvalue weighted by Crippen LogP contribution is 2.25. The van der Waals surface area contributed by atoms with Crippen LogP contribution in [0, 0.1) is 26.6 Å². The smallest absolute Gasteiger partial charge is 0.138 e. The van der Waals surface area contributed by atoms with Crippen LogP contribution in [0.1, 0.15) is 16.7 Å². The summed E-state index contributed by atoms with van der Waals surface area (Å²) in [6.07, 6.45) is 0. The van der Waals surface area contributed by atoms with E-state index in [0.717, 1.165) is 28.0 Å². The molecule has 0 spiro atoms. The second-order valence-electron chi connectivity index (χ2n) is 5.00. The lowest BCUT2D eigenvalue weighted by molar-refractivity contribution is 0.628. The Labute approximate surface area is 111 Å². The van der Waals surface area contributed by atoms with Gasteiger partial charge in [0.15, 0.2) is 0 Å². The number of aromatic amines is 1. The number of rotatable bonds is 1. The van der Waals surface area contributed by atoms with Crippen molar-refractivity contribution < 1.29 is 4.39 Å². The molecule has 1 heterocycles. The summed E-state index contributed by atoms with van der Waals surface area (Å²) in [5.74, 6) is 0.477. The number of aryl methyl sites for hydroxylation is 3. The van der Waals surface area contributed by atoms with E-state index in [1.807, 2.05) is 6.92 Å². The first-order chi connectivity index (χ1) is 9.04. The third-order valence-electron chi connectivity index (χ3n) is 3.55. The van der Waals surface area contributed by atoms with Gasteiger partial charge in [-0.25, -0.2) is 9.37 Å². The monoisotopic (exact) mass is 254 g/mol. The molecule has 1 aromatic heterocycles. The summed E-state index contributed by atoms with van der Waals surface area (Å²) < 4.78 is 13.4. The Morgan fingerprint density at radius 1 is 0.947 bits per heavy atom. The van der Waals surface area contributed by atoms with Crippen LogP contribution < -0.4 is 0 Å². The van der Waals surface area contributed by atoms with Crippen molar-refractivity contribution in [1.82, 2.24) is 9.97 Å². The highest BCUT2D eigenvalue weighted by molar-refractivity contribution is 5.81. The predicted molar refractivity (Wildman–Crippen MR) is 75.7 cm³/mol. The van der Waals surface area contributed by atoms with Gasteiger partial charge in [0, 0.05) is 5.56 Å². The third-order valence-corrected chi connectivity index (χ3v) is 3.55. The van der Waals surface area contributed by atoms with Crippen LogP contribution in [-0.2, 0) is 0 Å². The van der Waals surface area contributed by atoms with Crippen molar-refractivity contribution in [3.05, 3.63) is 52.8 Å². The highest BCUT2D eigenvalue weighted by Gasteiger charge is 2.09. The number of fused-ring (bicyclic) bond motifs is 1. The molecule has 96 valence electrons. The van der Waals surface area contributed by atoms with Gasteiger partial charge in [-0.2, -0.15) is 0 Å². The maximum atomic E-state index is 13.4. The Kier molecular flexibility index (Phi) is 2.63. The van der Waals surface area contributed by atoms with Crippen LogP contribution in [0.3, 0.4) is 0 Å². The summed E-state index contributed by atoms with van der Waals surface area (Å²) in [5, 5.41) is 0. The molecule has 3 heteroatoms. The molecule has 0 bridgehead atoms. The van der Waals surface area contributed by atoms with Crippen LogP contribution in [0.15, 0.2) is 30.3 Å². The molecule has 3 rings (SSSR count). The van der Waals surface area contributed by atoms with Crippen LogP contribution in [0.4, 0.5) is 4.39 Å². The first kappa shape index (κ1) is 11.9. The molecule has 0 aliphatic carbocycles. The van der Waals surface area contributed by atoms with Gasteiger partial charge >= 0.3 is 0 Å². The van der Waals surface area contributed by atoms with Crippen molar-refractivity contribution in [3.8, 4) is 11.4 Å². The Morgan fingerprint density at radius 2 is 1.68 bits per heavy atom. The normalized spacial score (nSPS) is 11.2. The van der Waals surface area contributed by atoms with Gasteiger partial charge in [-0.05, 0) is 61.7 Å². The van der Waals surface area contributed by atoms with Crippen LogP contribution in [0.25, 0.3) is 22.4 Å². The van der Waals surface area contributed by atoms with Gasteiger partial charge in [0.25, 0.3) is 0 Å². The lowest BCUT2D eigenvalue weighted by atomic mass is 10.1. The quantitative estimate of drug-likeness (QED) is 0.689. The number of hydrogen-bond donors (Lipinski definition) is 1. The number of nitrogens with one attached hydrogen (secondary N) is 1. The van der Waals surface area contributed by atoms with Gasteiger partial charge in [-0.3, -0.25) is 0 Å². The van der Waals surface area contributed by atoms with E-state index in [1.54, 1.807) is 6.07 Å². The molecule has 3 aromatic rings. The molecule has 19 heavy (non-hydrogen) atoms. The standard InChI is InChI=1S/C16H15FN2/c1-9-4-5-12(17)8-13(9)16-18-14-6-10(2)11(3)7-15(14)19-16/h4-8H,1-3H3,(H,18,19). The van der Waals surface area contributed by atoms with Crippen LogP contribution >= 0.6 is 0 Å². The van der Waals surface area contributed by atoms with E-state index in [-0.39, 0.29) is 5.82 Å². The molecule has 0 fully saturated rings. The SMILES string of the molecule is Cc1cc2nc(-c3cc(F)ccc3C)[nH]c2cc1C. The molecule has 0 saturated carbocycles. The summed E-state index contributed by atoms with van der Waals surface area (Å²) in [5.41, 5.74) is 6.16. The minimum absolute atomic E-state index is 0.242. The van der Waals surface area contributed by atoms with Crippen LogP contribution in [0.5, 0.6) is 0 Å². The number of halogens is 1. The highest BCUT2D eigenvalue weighted by atomic mass is 19.1. The van der Waals surface area contributed by atoms with Gasteiger partial charge in [0.05, 0.1) is 11.0 Å². The number of nitrogens with zero attached hydrogens (tertiary/aromatic N) is 1. The van der Waals surface area contributed by atoms with E-state index >= 15 is 0 Å². The van der Waals surface area contributed by atoms with Crippen molar-refractivity contribution in [1.29, 1.82) is 0 Å². The summed E-state index contributed by atoms with van der Waals surface area (Å²) in [6, 6.07) is 8.89. The summed E-state index contributed by atoms with van der Waals surface area (Å²) >= 11 is 0. The van der Waals surface area contributed by atoms with E-state index in [2.05, 4.69) is 35.9 Å². The van der Waals surface area contributed by atoms with Crippen molar-refractivity contribution in [3.63, 3.8) is 0 Å². The minimum atomic E-state index is -0.242. The summed E-state index contributed by atoms with van der Waals surface area (Å²) in [6.45, 7) is 6.09. The molecule has 2 aromatic carbocycles. The molecule has 0 radical (unpaired) electrons. The molecule has 2 nitrogen and oxygen atoms in total. The van der Waals surface area contributed by atoms with E-state index in [9.17, 15) is 4.39 Å². The number of hydrogen-bond acceptors (Lipinski definition) is 1. The third kappa shape index (κ3) is 2.01. The fourth-order valence-electron chi connectivity index (χ4n) is 2.25. The molecule has 0 amide bonds. The molecular formula is C16H15FN2. The maximum absolute atomic E-state index is 13.4. The lowest BCUT2D eigenvalue weighted by Crippen LogP contribution is -1.87. The molecule has 0 unspecified atom stereocenters. The van der Waals surface area contributed by atoms with Crippen molar-refractivity contribution in [2.75, 3.05) is 0 Å². The fourth-order valence-corrected chi connectivity index (χ4v) is 2.25. The van der Waals surface area contributed by atoms with Gasteiger partial charge in [-0.15, -0.1) is 0 Å². The largest absolute Gasteiger partial charge is 0.338 e. The van der Waals surface area contributed by atoms with Crippen LogP contribution in [-0.4, -0.2) is 9.97 Å². The van der Waals surface area contributed by atoms with Crippen LogP contribution in [0.2, 0.25) is 0 Å². The zero-order chi connectivity index (χ0) is 13.6. The van der Waals surface area contributed by atoms with Gasteiger partial charge < -0.3 is 4.98 Å².